The van der Waals surface area contributed by atoms with Crippen LogP contribution in [-0.2, 0) is 0 Å². The van der Waals surface area contributed by atoms with Crippen molar-refractivity contribution in [1.82, 2.24) is 10.3 Å². The normalized spacial score (nSPS) is 12.2. The molecule has 0 spiro atoms. The molecule has 0 bridgehead atoms. The summed E-state index contributed by atoms with van der Waals surface area (Å²) >= 11 is 5.84. The summed E-state index contributed by atoms with van der Waals surface area (Å²) in [5.74, 6) is -0.0737. The number of aromatic nitrogens is 1. The Morgan fingerprint density at radius 1 is 1.53 bits per heavy atom. The highest BCUT2D eigenvalue weighted by atomic mass is 32.1. The van der Waals surface area contributed by atoms with E-state index in [1.807, 2.05) is 31.4 Å². The number of hydrogen-bond donors (Lipinski definition) is 2. The molecule has 1 atom stereocenters. The van der Waals surface area contributed by atoms with Crippen LogP contribution in [-0.4, -0.2) is 10.9 Å². The number of thiazole rings is 1. The van der Waals surface area contributed by atoms with Gasteiger partial charge in [-0.25, -0.2) is 4.98 Å². The maximum Gasteiger partial charge on any atom is 0.252 e. The number of aryl methyl sites for hydroxylation is 1. The molecule has 100 valence electrons. The average molecular weight is 292 g/mol. The molecule has 0 aliphatic rings. The van der Waals surface area contributed by atoms with Gasteiger partial charge in [0.2, 0.25) is 0 Å². The third-order valence-electron chi connectivity index (χ3n) is 2.93. The van der Waals surface area contributed by atoms with E-state index in [0.29, 0.717) is 5.56 Å². The Bertz CT molecular complexity index is 567. The highest BCUT2D eigenvalue weighted by Gasteiger charge is 2.17. The van der Waals surface area contributed by atoms with Gasteiger partial charge in [-0.1, -0.05) is 13.0 Å². The molecule has 2 aromatic rings. The van der Waals surface area contributed by atoms with Crippen molar-refractivity contribution in [3.63, 3.8) is 0 Å². The molecule has 0 saturated heterocycles. The van der Waals surface area contributed by atoms with Gasteiger partial charge in [0.1, 0.15) is 5.01 Å². The van der Waals surface area contributed by atoms with E-state index in [0.717, 1.165) is 21.9 Å². The molecule has 0 aliphatic heterocycles. The van der Waals surface area contributed by atoms with Gasteiger partial charge in [0.05, 0.1) is 6.04 Å². The maximum absolute atomic E-state index is 12.3. The van der Waals surface area contributed by atoms with Crippen LogP contribution in [0.4, 0.5) is 0 Å². The number of rotatable bonds is 4. The second kappa shape index (κ2) is 6.21. The van der Waals surface area contributed by atoms with Gasteiger partial charge in [-0.2, -0.15) is 0 Å². The monoisotopic (exact) mass is 292 g/mol. The summed E-state index contributed by atoms with van der Waals surface area (Å²) < 4.78 is 0. The minimum atomic E-state index is -0.0737. The summed E-state index contributed by atoms with van der Waals surface area (Å²) in [6.45, 7) is 3.96. The van der Waals surface area contributed by atoms with Crippen molar-refractivity contribution in [3.05, 3.63) is 45.9 Å². The summed E-state index contributed by atoms with van der Waals surface area (Å²) in [5.41, 5.74) is 1.62. The van der Waals surface area contributed by atoms with Crippen molar-refractivity contribution >= 4 is 29.9 Å². The van der Waals surface area contributed by atoms with Crippen molar-refractivity contribution in [2.75, 3.05) is 0 Å². The lowest BCUT2D eigenvalue weighted by Crippen LogP contribution is -2.28. The fourth-order valence-electron chi connectivity index (χ4n) is 1.84. The number of nitrogens with zero attached hydrogens (tertiary/aromatic N) is 1. The second-order valence-electron chi connectivity index (χ2n) is 4.30. The molecule has 5 heteroatoms. The van der Waals surface area contributed by atoms with Crippen LogP contribution in [0, 0.1) is 6.92 Å². The molecule has 1 aromatic heterocycles. The molecule has 1 unspecified atom stereocenters. The van der Waals surface area contributed by atoms with Crippen LogP contribution in [0.15, 0.2) is 34.7 Å². The van der Waals surface area contributed by atoms with E-state index in [4.69, 9.17) is 0 Å². The predicted octanol–water partition coefficient (Wildman–Crippen LogP) is 3.62. The molecule has 3 nitrogen and oxygen atoms in total. The molecule has 1 heterocycles. The SMILES string of the molecule is CCC(NC(=O)c1cc(S)ccc1C)c1nccs1. The smallest absolute Gasteiger partial charge is 0.252 e. The Morgan fingerprint density at radius 2 is 2.32 bits per heavy atom. The van der Waals surface area contributed by atoms with Gasteiger partial charge in [0.15, 0.2) is 0 Å². The zero-order valence-corrected chi connectivity index (χ0v) is 12.6. The van der Waals surface area contributed by atoms with E-state index in [9.17, 15) is 4.79 Å². The highest BCUT2D eigenvalue weighted by Crippen LogP contribution is 2.20. The predicted molar refractivity (Wildman–Crippen MR) is 81.0 cm³/mol. The van der Waals surface area contributed by atoms with Crippen LogP contribution in [0.25, 0.3) is 0 Å². The molecule has 0 saturated carbocycles. The summed E-state index contributed by atoms with van der Waals surface area (Å²) in [6.07, 6.45) is 2.58. The zero-order valence-electron chi connectivity index (χ0n) is 10.9. The van der Waals surface area contributed by atoms with Crippen molar-refractivity contribution < 1.29 is 4.79 Å². The van der Waals surface area contributed by atoms with Crippen molar-refractivity contribution in [3.8, 4) is 0 Å². The lowest BCUT2D eigenvalue weighted by atomic mass is 10.1. The Labute approximate surface area is 122 Å². The summed E-state index contributed by atoms with van der Waals surface area (Å²) in [5, 5.41) is 5.89. The van der Waals surface area contributed by atoms with Crippen LogP contribution in [0.3, 0.4) is 0 Å². The molecule has 0 fully saturated rings. The number of carbonyl (C=O) groups is 1. The molecule has 2 rings (SSSR count). The Kier molecular flexibility index (Phi) is 4.61. The average Bonchev–Trinajstić information content (AvgIpc) is 2.92. The number of benzene rings is 1. The first-order valence-corrected chi connectivity index (χ1v) is 7.44. The number of carbonyl (C=O) groups excluding carboxylic acids is 1. The van der Waals surface area contributed by atoms with E-state index in [1.165, 1.54) is 0 Å². The lowest BCUT2D eigenvalue weighted by molar-refractivity contribution is 0.0934. The Hall–Kier alpha value is -1.33. The number of amides is 1. The first kappa shape index (κ1) is 14.1. The van der Waals surface area contributed by atoms with Gasteiger partial charge in [0, 0.05) is 22.0 Å². The summed E-state index contributed by atoms with van der Waals surface area (Å²) in [7, 11) is 0. The van der Waals surface area contributed by atoms with Gasteiger partial charge < -0.3 is 5.32 Å². The standard InChI is InChI=1S/C14H16N2OS2/c1-3-12(14-15-6-7-19-14)16-13(17)11-8-10(18)5-4-9(11)2/h4-8,12,18H,3H2,1-2H3,(H,16,17). The van der Waals surface area contributed by atoms with Crippen molar-refractivity contribution in [2.24, 2.45) is 0 Å². The Balaban J connectivity index is 2.18. The molecule has 19 heavy (non-hydrogen) atoms. The molecule has 0 radical (unpaired) electrons. The topological polar surface area (TPSA) is 42.0 Å². The van der Waals surface area contributed by atoms with E-state index in [-0.39, 0.29) is 11.9 Å². The third kappa shape index (κ3) is 3.36. The van der Waals surface area contributed by atoms with Gasteiger partial charge in [-0.3, -0.25) is 4.79 Å². The van der Waals surface area contributed by atoms with Crippen molar-refractivity contribution in [2.45, 2.75) is 31.2 Å². The molecule has 1 aromatic carbocycles. The maximum atomic E-state index is 12.3. The molecule has 1 amide bonds. The van der Waals surface area contributed by atoms with Crippen molar-refractivity contribution in [1.29, 1.82) is 0 Å². The quantitative estimate of drug-likeness (QED) is 0.845. The molecular weight excluding hydrogens is 276 g/mol. The minimum Gasteiger partial charge on any atom is -0.343 e. The fraction of sp³-hybridized carbons (Fsp3) is 0.286. The van der Waals surface area contributed by atoms with Crippen LogP contribution in [0.1, 0.15) is 40.3 Å². The molecule has 0 aliphatic carbocycles. The van der Waals surface area contributed by atoms with E-state index in [1.54, 1.807) is 23.6 Å². The zero-order chi connectivity index (χ0) is 13.8. The number of hydrogen-bond acceptors (Lipinski definition) is 4. The van der Waals surface area contributed by atoms with Gasteiger partial charge in [0.25, 0.3) is 5.91 Å². The molecular formula is C14H16N2OS2. The third-order valence-corrected chi connectivity index (χ3v) is 4.10. The van der Waals surface area contributed by atoms with Crippen LogP contribution < -0.4 is 5.32 Å². The largest absolute Gasteiger partial charge is 0.343 e. The summed E-state index contributed by atoms with van der Waals surface area (Å²) in [6, 6.07) is 5.55. The minimum absolute atomic E-state index is 0.0320. The lowest BCUT2D eigenvalue weighted by Gasteiger charge is -2.15. The van der Waals surface area contributed by atoms with E-state index in [2.05, 4.69) is 22.9 Å². The number of nitrogens with one attached hydrogen (secondary N) is 1. The molecule has 1 N–H and O–H groups in total. The first-order valence-electron chi connectivity index (χ1n) is 6.11. The van der Waals surface area contributed by atoms with Gasteiger partial charge in [-0.15, -0.1) is 24.0 Å². The van der Waals surface area contributed by atoms with E-state index < -0.39 is 0 Å². The fourth-order valence-corrected chi connectivity index (χ4v) is 2.81. The first-order chi connectivity index (χ1) is 9.11. The van der Waals surface area contributed by atoms with Crippen LogP contribution >= 0.6 is 24.0 Å². The number of thiol groups is 1. The summed E-state index contributed by atoms with van der Waals surface area (Å²) in [4.78, 5) is 17.4. The second-order valence-corrected chi connectivity index (χ2v) is 5.75. The highest BCUT2D eigenvalue weighted by molar-refractivity contribution is 7.80. The van der Waals surface area contributed by atoms with Crippen LogP contribution in [0.5, 0.6) is 0 Å². The van der Waals surface area contributed by atoms with Gasteiger partial charge in [-0.05, 0) is 31.0 Å². The Morgan fingerprint density at radius 3 is 2.95 bits per heavy atom. The van der Waals surface area contributed by atoms with Gasteiger partial charge >= 0.3 is 0 Å². The van der Waals surface area contributed by atoms with E-state index >= 15 is 0 Å². The van der Waals surface area contributed by atoms with Crippen LogP contribution in [0.2, 0.25) is 0 Å².